The van der Waals surface area contributed by atoms with Crippen molar-refractivity contribution in [3.8, 4) is 11.5 Å². The van der Waals surface area contributed by atoms with Crippen molar-refractivity contribution < 1.29 is 31.2 Å². The Bertz CT molecular complexity index is 1600. The standard InChI is InChI=1S/C35H46F4N8O3S/c1-23(46-15-11-25(12-16-46)24-5-7-26(8-6-24)33(40-2)44-45(3)4)22-49-31-19-29(9-10-30(31)32(36)37)51(48)47-17-13-27(14-18-47)43-35-41-20-28(21-42-35)50-34(38)39/h5-10,19-21,23,25,27,32,34H,11-18,22H2,1-4H3,(H,40,44)(H,41,42,43). The summed E-state index contributed by atoms with van der Waals surface area (Å²) in [5.74, 6) is 1.43. The number of hydrogen-bond donors (Lipinski definition) is 2. The van der Waals surface area contributed by atoms with E-state index in [-0.39, 0.29) is 41.7 Å². The van der Waals surface area contributed by atoms with Crippen LogP contribution in [0.5, 0.6) is 11.5 Å². The van der Waals surface area contributed by atoms with Gasteiger partial charge in [0, 0.05) is 51.9 Å². The maximum absolute atomic E-state index is 14.0. The first-order valence-corrected chi connectivity index (χ1v) is 18.1. The topological polar surface area (TPSA) is 107 Å². The van der Waals surface area contributed by atoms with Crippen molar-refractivity contribution in [2.24, 2.45) is 4.99 Å². The summed E-state index contributed by atoms with van der Waals surface area (Å²) in [6, 6.07) is 12.7. The predicted octanol–water partition coefficient (Wildman–Crippen LogP) is 5.70. The molecule has 0 amide bonds. The molecular formula is C35H46F4N8O3S. The minimum absolute atomic E-state index is 0.00280. The van der Waals surface area contributed by atoms with Crippen molar-refractivity contribution in [2.45, 2.75) is 68.5 Å². The number of halogens is 4. The number of ether oxygens (including phenoxy) is 2. The molecule has 2 aliphatic rings. The van der Waals surface area contributed by atoms with Crippen LogP contribution in [0.4, 0.5) is 23.5 Å². The van der Waals surface area contributed by atoms with Crippen LogP contribution < -0.4 is 20.2 Å². The maximum atomic E-state index is 14.0. The Morgan fingerprint density at radius 1 is 1.00 bits per heavy atom. The van der Waals surface area contributed by atoms with Crippen molar-refractivity contribution in [3.63, 3.8) is 0 Å². The second-order valence-electron chi connectivity index (χ2n) is 12.9. The summed E-state index contributed by atoms with van der Waals surface area (Å²) in [5, 5.41) is 5.02. The van der Waals surface area contributed by atoms with E-state index in [2.05, 4.69) is 59.6 Å². The molecule has 0 radical (unpaired) electrons. The molecular weight excluding hydrogens is 688 g/mol. The van der Waals surface area contributed by atoms with Crippen LogP contribution >= 0.6 is 0 Å². The molecule has 11 nitrogen and oxygen atoms in total. The summed E-state index contributed by atoms with van der Waals surface area (Å²) in [7, 11) is 4.02. The summed E-state index contributed by atoms with van der Waals surface area (Å²) < 4.78 is 78.3. The first kappa shape index (κ1) is 38.4. The highest BCUT2D eigenvalue weighted by Gasteiger charge is 2.27. The van der Waals surface area contributed by atoms with Crippen LogP contribution in [-0.4, -0.2) is 107 Å². The zero-order valence-electron chi connectivity index (χ0n) is 29.3. The molecule has 2 fully saturated rings. The molecule has 278 valence electrons. The molecule has 5 rings (SSSR count). The van der Waals surface area contributed by atoms with Crippen LogP contribution in [0.25, 0.3) is 0 Å². The highest BCUT2D eigenvalue weighted by Crippen LogP contribution is 2.33. The third-order valence-electron chi connectivity index (χ3n) is 9.14. The SMILES string of the molecule is CN=C(NN(C)C)c1ccc(C2CCN(C(C)COc3cc(S(=O)N4CCC(Nc5ncc(OC(F)F)cn5)CC4)ccc3C(F)F)CC2)cc1. The number of piperidine rings is 2. The monoisotopic (exact) mass is 734 g/mol. The van der Waals surface area contributed by atoms with Gasteiger partial charge in [0.2, 0.25) is 5.95 Å². The third-order valence-corrected chi connectivity index (χ3v) is 10.6. The zero-order chi connectivity index (χ0) is 36.5. The van der Waals surface area contributed by atoms with Gasteiger partial charge in [-0.3, -0.25) is 9.89 Å². The molecule has 2 atom stereocenters. The van der Waals surface area contributed by atoms with E-state index in [1.807, 2.05) is 26.0 Å². The van der Waals surface area contributed by atoms with Crippen LogP contribution in [0.15, 0.2) is 64.7 Å². The van der Waals surface area contributed by atoms with E-state index in [9.17, 15) is 21.8 Å². The number of anilines is 1. The Balaban J connectivity index is 1.11. The van der Waals surface area contributed by atoms with E-state index >= 15 is 0 Å². The lowest BCUT2D eigenvalue weighted by atomic mass is 9.88. The third kappa shape index (κ3) is 10.6. The average molecular weight is 735 g/mol. The Hall–Kier alpha value is -3.86. The highest BCUT2D eigenvalue weighted by atomic mass is 32.2. The van der Waals surface area contributed by atoms with Gasteiger partial charge in [0.1, 0.15) is 29.2 Å². The molecule has 2 unspecified atom stereocenters. The molecule has 1 aromatic heterocycles. The lowest BCUT2D eigenvalue weighted by molar-refractivity contribution is -0.0503. The normalized spacial score (nSPS) is 18.3. The number of alkyl halides is 4. The molecule has 3 heterocycles. The Morgan fingerprint density at radius 3 is 2.25 bits per heavy atom. The number of aromatic nitrogens is 2. The molecule has 0 saturated carbocycles. The van der Waals surface area contributed by atoms with Crippen molar-refractivity contribution in [1.29, 1.82) is 0 Å². The van der Waals surface area contributed by atoms with Crippen molar-refractivity contribution in [3.05, 3.63) is 71.5 Å². The van der Waals surface area contributed by atoms with Gasteiger partial charge < -0.3 is 20.2 Å². The fourth-order valence-corrected chi connectivity index (χ4v) is 7.57. The van der Waals surface area contributed by atoms with E-state index < -0.39 is 24.0 Å². The molecule has 2 saturated heterocycles. The van der Waals surface area contributed by atoms with Crippen LogP contribution in [0, 0.1) is 0 Å². The van der Waals surface area contributed by atoms with E-state index in [0.29, 0.717) is 36.7 Å². The second kappa shape index (κ2) is 18.1. The van der Waals surface area contributed by atoms with Gasteiger partial charge in [-0.25, -0.2) is 32.3 Å². The molecule has 3 aromatic rings. The lowest BCUT2D eigenvalue weighted by Gasteiger charge is -2.36. The maximum Gasteiger partial charge on any atom is 0.387 e. The minimum atomic E-state index is -2.96. The van der Waals surface area contributed by atoms with E-state index in [4.69, 9.17) is 4.74 Å². The number of likely N-dealkylation sites (tertiary alicyclic amines) is 1. The number of aliphatic imine (C=N–C) groups is 1. The Labute approximate surface area is 299 Å². The smallest absolute Gasteiger partial charge is 0.387 e. The number of nitrogens with one attached hydrogen (secondary N) is 2. The Kier molecular flexibility index (Phi) is 13.6. The zero-order valence-corrected chi connectivity index (χ0v) is 30.1. The van der Waals surface area contributed by atoms with E-state index in [0.717, 1.165) is 37.3 Å². The van der Waals surface area contributed by atoms with Crippen LogP contribution in [-0.2, 0) is 11.0 Å². The molecule has 2 N–H and O–H groups in total. The highest BCUT2D eigenvalue weighted by molar-refractivity contribution is 7.82. The summed E-state index contributed by atoms with van der Waals surface area (Å²) in [5.41, 5.74) is 5.30. The number of rotatable bonds is 14. The minimum Gasteiger partial charge on any atom is -0.491 e. The van der Waals surface area contributed by atoms with Gasteiger partial charge in [0.05, 0.1) is 22.9 Å². The molecule has 0 aliphatic carbocycles. The number of hydrogen-bond acceptors (Lipinski definition) is 9. The van der Waals surface area contributed by atoms with Gasteiger partial charge in [0.25, 0.3) is 6.43 Å². The van der Waals surface area contributed by atoms with Gasteiger partial charge in [-0.1, -0.05) is 24.3 Å². The van der Waals surface area contributed by atoms with Crippen molar-refractivity contribution >= 4 is 22.8 Å². The summed E-state index contributed by atoms with van der Waals surface area (Å²) in [6.07, 6.45) is 2.79. The van der Waals surface area contributed by atoms with Gasteiger partial charge in [-0.05, 0) is 75.4 Å². The molecule has 51 heavy (non-hydrogen) atoms. The van der Waals surface area contributed by atoms with Gasteiger partial charge in [-0.2, -0.15) is 8.78 Å². The molecule has 2 aliphatic heterocycles. The predicted molar refractivity (Wildman–Crippen MR) is 189 cm³/mol. The summed E-state index contributed by atoms with van der Waals surface area (Å²) >= 11 is 0. The molecule has 0 spiro atoms. The second-order valence-corrected chi connectivity index (χ2v) is 14.4. The number of nitrogens with zero attached hydrogens (tertiary/aromatic N) is 6. The van der Waals surface area contributed by atoms with E-state index in [1.54, 1.807) is 11.4 Å². The average Bonchev–Trinajstić information content (AvgIpc) is 3.13. The van der Waals surface area contributed by atoms with Crippen molar-refractivity contribution in [2.75, 3.05) is 59.2 Å². The van der Waals surface area contributed by atoms with Gasteiger partial charge >= 0.3 is 6.61 Å². The number of hydrazine groups is 1. The van der Waals surface area contributed by atoms with Gasteiger partial charge in [0.15, 0.2) is 5.75 Å². The van der Waals surface area contributed by atoms with Crippen LogP contribution in [0.3, 0.4) is 0 Å². The molecule has 2 aromatic carbocycles. The largest absolute Gasteiger partial charge is 0.491 e. The van der Waals surface area contributed by atoms with Crippen molar-refractivity contribution in [1.82, 2.24) is 29.6 Å². The quantitative estimate of drug-likeness (QED) is 0.0934. The Morgan fingerprint density at radius 2 is 1.67 bits per heavy atom. The number of amidine groups is 1. The fraction of sp³-hybridized carbons (Fsp3) is 0.514. The van der Waals surface area contributed by atoms with Gasteiger partial charge in [-0.15, -0.1) is 0 Å². The van der Waals surface area contributed by atoms with E-state index in [1.165, 1.54) is 36.2 Å². The summed E-state index contributed by atoms with van der Waals surface area (Å²) in [4.78, 5) is 15.1. The van der Waals surface area contributed by atoms with Crippen LogP contribution in [0.1, 0.15) is 61.6 Å². The van der Waals surface area contributed by atoms with Crippen LogP contribution in [0.2, 0.25) is 0 Å². The first-order chi connectivity index (χ1) is 24.5. The summed E-state index contributed by atoms with van der Waals surface area (Å²) in [6.45, 7) is 1.98. The fourth-order valence-electron chi connectivity index (χ4n) is 6.34. The molecule has 0 bridgehead atoms. The first-order valence-electron chi connectivity index (χ1n) is 17.0. The number of benzene rings is 2. The lowest BCUT2D eigenvalue weighted by Crippen LogP contribution is -2.42. The molecule has 16 heteroatoms.